The minimum Gasteiger partial charge on any atom is -0.497 e. The van der Waals surface area contributed by atoms with E-state index in [1.165, 1.54) is 0 Å². The number of carbonyl (C=O) groups excluding carboxylic acids is 2. The second-order valence-electron chi connectivity index (χ2n) is 5.61. The highest BCUT2D eigenvalue weighted by Gasteiger charge is 2.12. The fraction of sp³-hybridized carbons (Fsp3) is 0.529. The zero-order valence-electron chi connectivity index (χ0n) is 13.7. The average molecular weight is 307 g/mol. The van der Waals surface area contributed by atoms with Crippen LogP contribution in [0.25, 0.3) is 0 Å². The lowest BCUT2D eigenvalue weighted by molar-refractivity contribution is -0.148. The summed E-state index contributed by atoms with van der Waals surface area (Å²) >= 11 is 0. The quantitative estimate of drug-likeness (QED) is 0.749. The molecular weight excluding hydrogens is 282 g/mol. The second kappa shape index (κ2) is 9.07. The molecule has 0 aromatic heterocycles. The van der Waals surface area contributed by atoms with Gasteiger partial charge in [0.25, 0.3) is 5.91 Å². The summed E-state index contributed by atoms with van der Waals surface area (Å²) in [6.07, 6.45) is 0.826. The maximum atomic E-state index is 11.6. The summed E-state index contributed by atoms with van der Waals surface area (Å²) in [6.45, 7) is 5.74. The number of hydrogen-bond donors (Lipinski definition) is 1. The molecule has 1 N–H and O–H groups in total. The van der Waals surface area contributed by atoms with Gasteiger partial charge in [0, 0.05) is 12.5 Å². The molecule has 1 aromatic rings. The van der Waals surface area contributed by atoms with Crippen LogP contribution in [0, 0.1) is 5.92 Å². The smallest absolute Gasteiger partial charge is 0.306 e. The fourth-order valence-electron chi connectivity index (χ4n) is 1.72. The minimum absolute atomic E-state index is 0.0606. The average Bonchev–Trinajstić information content (AvgIpc) is 2.51. The molecule has 0 aliphatic rings. The Morgan fingerprint density at radius 1 is 1.14 bits per heavy atom. The van der Waals surface area contributed by atoms with Crippen molar-refractivity contribution >= 4 is 11.9 Å². The molecular formula is C17H25NO4. The SMILES string of the molecule is COc1ccc(CCC(=O)OCC(=O)N[C@H](C)C(C)C)cc1. The Hall–Kier alpha value is -2.04. The molecule has 0 aliphatic carbocycles. The molecule has 0 saturated heterocycles. The normalized spacial score (nSPS) is 11.9. The molecule has 0 radical (unpaired) electrons. The molecule has 0 spiro atoms. The minimum atomic E-state index is -0.372. The molecule has 0 fully saturated rings. The summed E-state index contributed by atoms with van der Waals surface area (Å²) in [5, 5.41) is 2.79. The molecule has 0 heterocycles. The number of carbonyl (C=O) groups is 2. The van der Waals surface area contributed by atoms with Crippen LogP contribution in [0.15, 0.2) is 24.3 Å². The van der Waals surface area contributed by atoms with E-state index in [0.29, 0.717) is 12.3 Å². The van der Waals surface area contributed by atoms with Gasteiger partial charge in [0.15, 0.2) is 6.61 Å². The zero-order chi connectivity index (χ0) is 16.5. The molecule has 122 valence electrons. The maximum absolute atomic E-state index is 11.6. The number of nitrogens with one attached hydrogen (secondary N) is 1. The van der Waals surface area contributed by atoms with Gasteiger partial charge in [0.2, 0.25) is 0 Å². The Morgan fingerprint density at radius 3 is 2.32 bits per heavy atom. The van der Waals surface area contributed by atoms with Gasteiger partial charge in [0.1, 0.15) is 5.75 Å². The zero-order valence-corrected chi connectivity index (χ0v) is 13.7. The molecule has 1 rings (SSSR count). The first-order valence-corrected chi connectivity index (χ1v) is 7.50. The molecule has 22 heavy (non-hydrogen) atoms. The fourth-order valence-corrected chi connectivity index (χ4v) is 1.72. The van der Waals surface area contributed by atoms with Crippen molar-refractivity contribution in [1.29, 1.82) is 0 Å². The van der Waals surface area contributed by atoms with Gasteiger partial charge < -0.3 is 14.8 Å². The molecule has 1 amide bonds. The van der Waals surface area contributed by atoms with Crippen LogP contribution >= 0.6 is 0 Å². The van der Waals surface area contributed by atoms with Crippen LogP contribution < -0.4 is 10.1 Å². The van der Waals surface area contributed by atoms with Gasteiger partial charge in [-0.15, -0.1) is 0 Å². The first kappa shape index (κ1) is 18.0. The molecule has 0 aliphatic heterocycles. The van der Waals surface area contributed by atoms with Gasteiger partial charge in [0.05, 0.1) is 7.11 Å². The van der Waals surface area contributed by atoms with Gasteiger partial charge in [-0.05, 0) is 37.0 Å². The van der Waals surface area contributed by atoms with Crippen molar-refractivity contribution in [2.75, 3.05) is 13.7 Å². The second-order valence-corrected chi connectivity index (χ2v) is 5.61. The Bertz CT molecular complexity index is 482. The van der Waals surface area contributed by atoms with Crippen LogP contribution in [0.2, 0.25) is 0 Å². The topological polar surface area (TPSA) is 64.6 Å². The monoisotopic (exact) mass is 307 g/mol. The van der Waals surface area contributed by atoms with Gasteiger partial charge in [-0.1, -0.05) is 26.0 Å². The van der Waals surface area contributed by atoms with Crippen molar-refractivity contribution in [2.45, 2.75) is 39.7 Å². The Balaban J connectivity index is 2.26. The third-order valence-corrected chi connectivity index (χ3v) is 3.53. The van der Waals surface area contributed by atoms with Gasteiger partial charge in [-0.2, -0.15) is 0 Å². The molecule has 0 unspecified atom stereocenters. The van der Waals surface area contributed by atoms with Crippen molar-refractivity contribution in [1.82, 2.24) is 5.32 Å². The number of esters is 1. The molecule has 0 saturated carbocycles. The summed E-state index contributed by atoms with van der Waals surface area (Å²) in [5.74, 6) is 0.485. The first-order valence-electron chi connectivity index (χ1n) is 7.50. The largest absolute Gasteiger partial charge is 0.497 e. The summed E-state index contributed by atoms with van der Waals surface area (Å²) < 4.78 is 10.0. The number of benzene rings is 1. The van der Waals surface area contributed by atoms with E-state index in [9.17, 15) is 9.59 Å². The number of hydrogen-bond acceptors (Lipinski definition) is 4. The van der Waals surface area contributed by atoms with E-state index in [1.54, 1.807) is 7.11 Å². The number of methoxy groups -OCH3 is 1. The molecule has 1 atom stereocenters. The van der Waals surface area contributed by atoms with E-state index < -0.39 is 0 Å². The van der Waals surface area contributed by atoms with Crippen molar-refractivity contribution in [3.05, 3.63) is 29.8 Å². The lowest BCUT2D eigenvalue weighted by Crippen LogP contribution is -2.38. The van der Waals surface area contributed by atoms with E-state index in [2.05, 4.69) is 5.32 Å². The predicted molar refractivity (Wildman–Crippen MR) is 84.7 cm³/mol. The summed E-state index contributed by atoms with van der Waals surface area (Å²) in [4.78, 5) is 23.2. The van der Waals surface area contributed by atoms with Crippen molar-refractivity contribution < 1.29 is 19.1 Å². The van der Waals surface area contributed by atoms with Crippen LogP contribution in [0.3, 0.4) is 0 Å². The lowest BCUT2D eigenvalue weighted by atomic mass is 10.1. The van der Waals surface area contributed by atoms with Crippen LogP contribution in [0.5, 0.6) is 5.75 Å². The Kier molecular flexibility index (Phi) is 7.43. The third-order valence-electron chi connectivity index (χ3n) is 3.53. The van der Waals surface area contributed by atoms with Gasteiger partial charge >= 0.3 is 5.97 Å². The van der Waals surface area contributed by atoms with Crippen LogP contribution in [0.4, 0.5) is 0 Å². The van der Waals surface area contributed by atoms with Crippen molar-refractivity contribution in [2.24, 2.45) is 5.92 Å². The standard InChI is InChI=1S/C17H25NO4/c1-12(2)13(3)18-16(19)11-22-17(20)10-7-14-5-8-15(21-4)9-6-14/h5-6,8-9,12-13H,7,10-11H2,1-4H3,(H,18,19)/t13-/m1/s1. The molecule has 1 aromatic carbocycles. The van der Waals surface area contributed by atoms with Crippen LogP contribution in [0.1, 0.15) is 32.8 Å². The van der Waals surface area contributed by atoms with Crippen molar-refractivity contribution in [3.63, 3.8) is 0 Å². The predicted octanol–water partition coefficient (Wildman–Crippen LogP) is 2.33. The van der Waals surface area contributed by atoms with Gasteiger partial charge in [-0.3, -0.25) is 9.59 Å². The van der Waals surface area contributed by atoms with E-state index in [4.69, 9.17) is 9.47 Å². The van der Waals surface area contributed by atoms with Crippen molar-refractivity contribution in [3.8, 4) is 5.75 Å². The highest BCUT2D eigenvalue weighted by Crippen LogP contribution is 2.12. The van der Waals surface area contributed by atoms with Crippen LogP contribution in [-0.2, 0) is 20.7 Å². The molecule has 5 heteroatoms. The molecule has 5 nitrogen and oxygen atoms in total. The highest BCUT2D eigenvalue weighted by molar-refractivity contribution is 5.80. The first-order chi connectivity index (χ1) is 10.4. The maximum Gasteiger partial charge on any atom is 0.306 e. The summed E-state index contributed by atoms with van der Waals surface area (Å²) in [5.41, 5.74) is 1.02. The van der Waals surface area contributed by atoms with E-state index in [1.807, 2.05) is 45.0 Å². The number of amides is 1. The Morgan fingerprint density at radius 2 is 1.77 bits per heavy atom. The summed E-state index contributed by atoms with van der Waals surface area (Å²) in [7, 11) is 1.61. The number of ether oxygens (including phenoxy) is 2. The lowest BCUT2D eigenvalue weighted by Gasteiger charge is -2.17. The van der Waals surface area contributed by atoms with Gasteiger partial charge in [-0.25, -0.2) is 0 Å². The number of aryl methyl sites for hydroxylation is 1. The molecule has 0 bridgehead atoms. The number of rotatable bonds is 8. The summed E-state index contributed by atoms with van der Waals surface area (Å²) in [6, 6.07) is 7.57. The highest BCUT2D eigenvalue weighted by atomic mass is 16.5. The Labute approximate surface area is 132 Å². The van der Waals surface area contributed by atoms with E-state index in [0.717, 1.165) is 11.3 Å². The van der Waals surface area contributed by atoms with E-state index >= 15 is 0 Å². The third kappa shape index (κ3) is 6.61. The van der Waals surface area contributed by atoms with Crippen LogP contribution in [-0.4, -0.2) is 31.6 Å². The van der Waals surface area contributed by atoms with E-state index in [-0.39, 0.29) is 30.9 Å².